The van der Waals surface area contributed by atoms with Gasteiger partial charge in [0.25, 0.3) is 0 Å². The van der Waals surface area contributed by atoms with Gasteiger partial charge in [-0.05, 0) is 31.6 Å². The second kappa shape index (κ2) is 8.80. The predicted octanol–water partition coefficient (Wildman–Crippen LogP) is 4.34. The van der Waals surface area contributed by atoms with Crippen LogP contribution in [0.4, 0.5) is 39.5 Å². The molecule has 1 aliphatic carbocycles. The van der Waals surface area contributed by atoms with E-state index in [9.17, 15) is 47.9 Å². The van der Waals surface area contributed by atoms with Gasteiger partial charge < -0.3 is 4.84 Å². The Hall–Kier alpha value is -1.72. The van der Waals surface area contributed by atoms with Gasteiger partial charge in [0, 0.05) is 6.42 Å². The van der Waals surface area contributed by atoms with Crippen molar-refractivity contribution in [3.63, 3.8) is 0 Å². The Morgan fingerprint density at radius 1 is 1.07 bits per heavy atom. The molecule has 0 amide bonds. The Morgan fingerprint density at radius 3 is 1.97 bits per heavy atom. The number of alkyl halides is 9. The summed E-state index contributed by atoms with van der Waals surface area (Å²) >= 11 is 0. The second-order valence-corrected chi connectivity index (χ2v) is 8.94. The maximum atomic E-state index is 13.6. The van der Waals surface area contributed by atoms with Gasteiger partial charge in [0.2, 0.25) is 0 Å². The zero-order valence-corrected chi connectivity index (χ0v) is 16.1. The Bertz CT molecular complexity index is 778. The maximum absolute atomic E-state index is 13.6. The third-order valence-corrected chi connectivity index (χ3v) is 6.72. The van der Waals surface area contributed by atoms with Gasteiger partial charge in [-0.2, -0.15) is 44.8 Å². The van der Waals surface area contributed by atoms with Crippen LogP contribution < -0.4 is 0 Å². The molecule has 0 spiro atoms. The molecule has 1 rings (SSSR count). The van der Waals surface area contributed by atoms with Crippen molar-refractivity contribution in [2.24, 2.45) is 11.1 Å². The van der Waals surface area contributed by atoms with Crippen molar-refractivity contribution in [3.05, 3.63) is 0 Å². The van der Waals surface area contributed by atoms with Crippen molar-refractivity contribution in [1.82, 2.24) is 0 Å². The second-order valence-electron chi connectivity index (χ2n) is 6.70. The first-order chi connectivity index (χ1) is 13.4. The number of nitrogens with zero attached hydrogens (tertiary/aromatic N) is 2. The zero-order valence-electron chi connectivity index (χ0n) is 15.3. The SMILES string of the molecule is CON=C1CCC(C(C#N)S(=O)(=O)CCC(F)(F)C(F)(F)C(F)(F)C(F)(F)F)CC1. The van der Waals surface area contributed by atoms with Gasteiger partial charge in [-0.15, -0.1) is 0 Å². The molecular formula is C15H17F9N2O3S. The molecule has 0 N–H and O–H groups in total. The van der Waals surface area contributed by atoms with E-state index in [0.29, 0.717) is 5.71 Å². The van der Waals surface area contributed by atoms with Gasteiger partial charge in [-0.1, -0.05) is 5.16 Å². The Balaban J connectivity index is 2.98. The molecule has 30 heavy (non-hydrogen) atoms. The summed E-state index contributed by atoms with van der Waals surface area (Å²) in [5.74, 6) is -22.8. The van der Waals surface area contributed by atoms with E-state index in [1.807, 2.05) is 0 Å². The summed E-state index contributed by atoms with van der Waals surface area (Å²) in [5.41, 5.74) is 0.545. The first-order valence-corrected chi connectivity index (χ1v) is 10.1. The van der Waals surface area contributed by atoms with Crippen molar-refractivity contribution in [3.8, 4) is 6.07 Å². The highest BCUT2D eigenvalue weighted by atomic mass is 32.2. The largest absolute Gasteiger partial charge is 0.460 e. The van der Waals surface area contributed by atoms with Crippen molar-refractivity contribution in [2.45, 2.75) is 61.3 Å². The van der Waals surface area contributed by atoms with Crippen LogP contribution in [0.3, 0.4) is 0 Å². The molecule has 0 aromatic heterocycles. The van der Waals surface area contributed by atoms with E-state index in [2.05, 4.69) is 9.99 Å². The molecule has 0 saturated heterocycles. The quantitative estimate of drug-likeness (QED) is 0.386. The standard InChI is InChI=1S/C15H17F9N2O3S/c1-29-26-10-4-2-9(3-5-10)11(8-25)30(27,28)7-6-12(16,17)13(18,19)14(20,21)15(22,23)24/h9,11H,2-7H2,1H3. The fraction of sp³-hybridized carbons (Fsp3) is 0.867. The lowest BCUT2D eigenvalue weighted by atomic mass is 9.86. The first kappa shape index (κ1) is 26.3. The van der Waals surface area contributed by atoms with Gasteiger partial charge in [0.15, 0.2) is 15.1 Å². The van der Waals surface area contributed by atoms with Crippen LogP contribution in [0, 0.1) is 17.2 Å². The molecule has 174 valence electrons. The third-order valence-electron chi connectivity index (χ3n) is 4.68. The number of halogens is 9. The number of rotatable bonds is 8. The minimum absolute atomic E-state index is 0.0678. The molecule has 15 heteroatoms. The zero-order chi connectivity index (χ0) is 23.6. The lowest BCUT2D eigenvalue weighted by Gasteiger charge is -2.34. The van der Waals surface area contributed by atoms with E-state index >= 15 is 0 Å². The summed E-state index contributed by atoms with van der Waals surface area (Å²) in [6.07, 6.45) is -8.96. The van der Waals surface area contributed by atoms with Crippen LogP contribution in [0.25, 0.3) is 0 Å². The van der Waals surface area contributed by atoms with Crippen LogP contribution in [0.5, 0.6) is 0 Å². The smallest absolute Gasteiger partial charge is 0.399 e. The predicted molar refractivity (Wildman–Crippen MR) is 85.1 cm³/mol. The van der Waals surface area contributed by atoms with Gasteiger partial charge in [-0.3, -0.25) is 0 Å². The van der Waals surface area contributed by atoms with E-state index < -0.39 is 57.1 Å². The van der Waals surface area contributed by atoms with E-state index in [1.165, 1.54) is 13.2 Å². The van der Waals surface area contributed by atoms with E-state index in [1.54, 1.807) is 0 Å². The highest BCUT2D eigenvalue weighted by molar-refractivity contribution is 7.92. The molecule has 0 bridgehead atoms. The Kier molecular flexibility index (Phi) is 7.72. The van der Waals surface area contributed by atoms with Crippen LogP contribution in [-0.2, 0) is 14.7 Å². The Labute approximate surface area is 165 Å². The van der Waals surface area contributed by atoms with Crippen LogP contribution in [0.1, 0.15) is 32.1 Å². The lowest BCUT2D eigenvalue weighted by molar-refractivity contribution is -0.396. The maximum Gasteiger partial charge on any atom is 0.460 e. The molecule has 0 aromatic carbocycles. The van der Waals surface area contributed by atoms with Gasteiger partial charge in [0.1, 0.15) is 7.11 Å². The average molecular weight is 476 g/mol. The fourth-order valence-corrected chi connectivity index (χ4v) is 4.75. The number of hydrogen-bond donors (Lipinski definition) is 0. The summed E-state index contributed by atoms with van der Waals surface area (Å²) in [5, 5.41) is 10.8. The number of sulfone groups is 1. The number of hydrogen-bond acceptors (Lipinski definition) is 5. The summed E-state index contributed by atoms with van der Waals surface area (Å²) in [6, 6.07) is 1.37. The van der Waals surface area contributed by atoms with E-state index in [4.69, 9.17) is 5.26 Å². The molecule has 1 unspecified atom stereocenters. The van der Waals surface area contributed by atoms with E-state index in [0.717, 1.165) is 0 Å². The van der Waals surface area contributed by atoms with E-state index in [-0.39, 0.29) is 25.7 Å². The molecular weight excluding hydrogens is 459 g/mol. The van der Waals surface area contributed by atoms with Crippen molar-refractivity contribution in [1.29, 1.82) is 5.26 Å². The summed E-state index contributed by atoms with van der Waals surface area (Å²) in [6.45, 7) is 0. The van der Waals surface area contributed by atoms with Crippen LogP contribution in [0.15, 0.2) is 5.16 Å². The molecule has 5 nitrogen and oxygen atoms in total. The molecule has 1 atom stereocenters. The van der Waals surface area contributed by atoms with Crippen LogP contribution in [0.2, 0.25) is 0 Å². The molecule has 0 aliphatic heterocycles. The number of nitriles is 1. The van der Waals surface area contributed by atoms with Gasteiger partial charge >= 0.3 is 23.9 Å². The normalized spacial score (nSPS) is 20.4. The molecule has 1 saturated carbocycles. The summed E-state index contributed by atoms with van der Waals surface area (Å²) < 4.78 is 140. The highest BCUT2D eigenvalue weighted by Gasteiger charge is 2.81. The summed E-state index contributed by atoms with van der Waals surface area (Å²) in [4.78, 5) is 4.54. The molecule has 0 heterocycles. The van der Waals surface area contributed by atoms with Crippen molar-refractivity contribution < 1.29 is 52.8 Å². The van der Waals surface area contributed by atoms with Crippen molar-refractivity contribution in [2.75, 3.05) is 12.9 Å². The molecule has 1 aliphatic rings. The first-order valence-electron chi connectivity index (χ1n) is 8.35. The topological polar surface area (TPSA) is 79.5 Å². The fourth-order valence-electron chi connectivity index (χ4n) is 2.94. The Morgan fingerprint density at radius 2 is 1.57 bits per heavy atom. The average Bonchev–Trinajstić information content (AvgIpc) is 2.61. The minimum Gasteiger partial charge on any atom is -0.399 e. The molecule has 0 radical (unpaired) electrons. The van der Waals surface area contributed by atoms with Gasteiger partial charge in [-0.25, -0.2) is 8.42 Å². The third kappa shape index (κ3) is 5.12. The summed E-state index contributed by atoms with van der Waals surface area (Å²) in [7, 11) is -3.58. The van der Waals surface area contributed by atoms with Crippen LogP contribution >= 0.6 is 0 Å². The van der Waals surface area contributed by atoms with Crippen LogP contribution in [-0.4, -0.2) is 56.2 Å². The molecule has 0 aromatic rings. The van der Waals surface area contributed by atoms with Gasteiger partial charge in [0.05, 0.1) is 17.5 Å². The molecule has 1 fully saturated rings. The monoisotopic (exact) mass is 476 g/mol. The van der Waals surface area contributed by atoms with Crippen molar-refractivity contribution >= 4 is 15.5 Å². The highest BCUT2D eigenvalue weighted by Crippen LogP contribution is 2.54. The lowest BCUT2D eigenvalue weighted by Crippen LogP contribution is -2.61. The minimum atomic E-state index is -7.09. The number of oxime groups is 1.